The molecule has 1 aliphatic rings. The summed E-state index contributed by atoms with van der Waals surface area (Å²) in [6, 6.07) is 0. The largest absolute Gasteiger partial charge is 0.444 e. The molecule has 1 unspecified atom stereocenters. The maximum atomic E-state index is 12.1. The summed E-state index contributed by atoms with van der Waals surface area (Å²) in [5.41, 5.74) is -0.505. The molecule has 1 saturated heterocycles. The topological polar surface area (TPSA) is 38.8 Å². The van der Waals surface area contributed by atoms with E-state index in [2.05, 4.69) is 36.4 Å². The molecule has 124 valence electrons. The van der Waals surface area contributed by atoms with Gasteiger partial charge in [-0.15, -0.1) is 0 Å². The molecule has 21 heavy (non-hydrogen) atoms. The molecule has 1 aliphatic heterocycles. The second-order valence-corrected chi connectivity index (χ2v) is 7.76. The molecule has 1 fully saturated rings. The van der Waals surface area contributed by atoms with E-state index in [0.29, 0.717) is 0 Å². The van der Waals surface area contributed by atoms with Gasteiger partial charge in [-0.2, -0.15) is 0 Å². The number of carbonyl (C=O) groups is 1. The standard InChI is InChI=1S/C16H30INO3/c1-6-7-13(2)20-16(12-17)8-10-18(11-9-16)14(19)21-15(3,4)5/h13H,6-12H2,1-5H3. The Bertz CT molecular complexity index is 333. The molecule has 0 N–H and O–H groups in total. The number of hydrogen-bond acceptors (Lipinski definition) is 3. The van der Waals surface area contributed by atoms with E-state index in [4.69, 9.17) is 9.47 Å². The number of ether oxygens (including phenoxy) is 2. The minimum absolute atomic E-state index is 0.0757. The van der Waals surface area contributed by atoms with Crippen molar-refractivity contribution in [3.8, 4) is 0 Å². The van der Waals surface area contributed by atoms with Gasteiger partial charge in [-0.25, -0.2) is 4.79 Å². The Morgan fingerprint density at radius 2 is 1.90 bits per heavy atom. The number of nitrogens with zero attached hydrogens (tertiary/aromatic N) is 1. The van der Waals surface area contributed by atoms with E-state index in [-0.39, 0.29) is 17.8 Å². The van der Waals surface area contributed by atoms with E-state index in [1.807, 2.05) is 25.7 Å². The number of halogens is 1. The smallest absolute Gasteiger partial charge is 0.410 e. The molecule has 1 rings (SSSR count). The first-order valence-electron chi connectivity index (χ1n) is 7.93. The molecule has 0 spiro atoms. The summed E-state index contributed by atoms with van der Waals surface area (Å²) in [5.74, 6) is 0. The van der Waals surface area contributed by atoms with Crippen molar-refractivity contribution < 1.29 is 14.3 Å². The number of amides is 1. The van der Waals surface area contributed by atoms with E-state index in [1.165, 1.54) is 0 Å². The second kappa shape index (κ2) is 7.99. The third kappa shape index (κ3) is 6.30. The predicted molar refractivity (Wildman–Crippen MR) is 94.1 cm³/mol. The van der Waals surface area contributed by atoms with E-state index in [0.717, 1.165) is 43.2 Å². The zero-order chi connectivity index (χ0) is 16.1. The zero-order valence-electron chi connectivity index (χ0n) is 14.1. The lowest BCUT2D eigenvalue weighted by molar-refractivity contribution is -0.103. The SMILES string of the molecule is CCCC(C)OC1(CI)CCN(C(=O)OC(C)(C)C)CC1. The average Bonchev–Trinajstić information content (AvgIpc) is 2.37. The molecule has 0 saturated carbocycles. The van der Waals surface area contributed by atoms with Gasteiger partial charge in [0.05, 0.1) is 11.7 Å². The second-order valence-electron chi connectivity index (χ2n) is 7.00. The number of likely N-dealkylation sites (tertiary alicyclic amines) is 1. The van der Waals surface area contributed by atoms with Crippen molar-refractivity contribution >= 4 is 28.7 Å². The fraction of sp³-hybridized carbons (Fsp3) is 0.938. The predicted octanol–water partition coefficient (Wildman–Crippen LogP) is 4.40. The van der Waals surface area contributed by atoms with Gasteiger partial charge >= 0.3 is 6.09 Å². The van der Waals surface area contributed by atoms with Crippen LogP contribution in [0.5, 0.6) is 0 Å². The molecule has 1 atom stereocenters. The zero-order valence-corrected chi connectivity index (χ0v) is 16.2. The summed E-state index contributed by atoms with van der Waals surface area (Å²) in [5, 5.41) is 0. The van der Waals surface area contributed by atoms with Gasteiger partial charge in [0.15, 0.2) is 0 Å². The van der Waals surface area contributed by atoms with Crippen LogP contribution >= 0.6 is 22.6 Å². The van der Waals surface area contributed by atoms with Crippen LogP contribution in [-0.4, -0.2) is 45.8 Å². The van der Waals surface area contributed by atoms with E-state index in [1.54, 1.807) is 0 Å². The molecule has 5 heteroatoms. The highest BCUT2D eigenvalue weighted by Crippen LogP contribution is 2.31. The van der Waals surface area contributed by atoms with Crippen molar-refractivity contribution in [3.05, 3.63) is 0 Å². The summed E-state index contributed by atoms with van der Waals surface area (Å²) in [6.45, 7) is 11.5. The van der Waals surface area contributed by atoms with Crippen molar-refractivity contribution in [2.75, 3.05) is 17.5 Å². The number of piperidine rings is 1. The van der Waals surface area contributed by atoms with Gasteiger partial charge in [0.1, 0.15) is 5.60 Å². The van der Waals surface area contributed by atoms with Gasteiger partial charge in [0.25, 0.3) is 0 Å². The Morgan fingerprint density at radius 1 is 1.33 bits per heavy atom. The Hall–Kier alpha value is -0.0400. The molecule has 4 nitrogen and oxygen atoms in total. The summed E-state index contributed by atoms with van der Waals surface area (Å²) in [7, 11) is 0. The van der Waals surface area contributed by atoms with Crippen LogP contribution in [0.15, 0.2) is 0 Å². The highest BCUT2D eigenvalue weighted by Gasteiger charge is 2.38. The molecular weight excluding hydrogens is 381 g/mol. The van der Waals surface area contributed by atoms with E-state index >= 15 is 0 Å². The Labute approximate surface area is 143 Å². The van der Waals surface area contributed by atoms with Crippen LogP contribution in [-0.2, 0) is 9.47 Å². The summed E-state index contributed by atoms with van der Waals surface area (Å²) < 4.78 is 12.7. The number of hydrogen-bond donors (Lipinski definition) is 0. The number of rotatable bonds is 5. The molecule has 0 aromatic rings. The highest BCUT2D eigenvalue weighted by molar-refractivity contribution is 14.1. The number of alkyl halides is 1. The van der Waals surface area contributed by atoms with Gasteiger partial charge in [-0.3, -0.25) is 0 Å². The van der Waals surface area contributed by atoms with Crippen molar-refractivity contribution in [1.29, 1.82) is 0 Å². The molecule has 0 aliphatic carbocycles. The number of carbonyl (C=O) groups excluding carboxylic acids is 1. The quantitative estimate of drug-likeness (QED) is 0.498. The van der Waals surface area contributed by atoms with Crippen molar-refractivity contribution in [2.24, 2.45) is 0 Å². The fourth-order valence-electron chi connectivity index (χ4n) is 2.60. The molecule has 0 radical (unpaired) electrons. The maximum Gasteiger partial charge on any atom is 0.410 e. The highest BCUT2D eigenvalue weighted by atomic mass is 127. The first kappa shape index (κ1) is 19.0. The molecule has 0 aromatic carbocycles. The van der Waals surface area contributed by atoms with Crippen LogP contribution in [0.1, 0.15) is 60.3 Å². The minimum Gasteiger partial charge on any atom is -0.444 e. The van der Waals surface area contributed by atoms with Crippen molar-refractivity contribution in [1.82, 2.24) is 4.90 Å². The van der Waals surface area contributed by atoms with Crippen LogP contribution in [0.3, 0.4) is 0 Å². The van der Waals surface area contributed by atoms with Gasteiger partial charge in [0, 0.05) is 17.5 Å². The monoisotopic (exact) mass is 411 g/mol. The van der Waals surface area contributed by atoms with Crippen LogP contribution < -0.4 is 0 Å². The van der Waals surface area contributed by atoms with Crippen molar-refractivity contribution in [3.63, 3.8) is 0 Å². The lowest BCUT2D eigenvalue weighted by Crippen LogP contribution is -2.51. The average molecular weight is 411 g/mol. The fourth-order valence-corrected chi connectivity index (χ4v) is 3.54. The maximum absolute atomic E-state index is 12.1. The molecule has 0 bridgehead atoms. The van der Waals surface area contributed by atoms with Crippen LogP contribution in [0, 0.1) is 0 Å². The summed E-state index contributed by atoms with van der Waals surface area (Å²) >= 11 is 2.41. The lowest BCUT2D eigenvalue weighted by atomic mass is 9.93. The third-order valence-electron chi connectivity index (χ3n) is 3.72. The Kier molecular flexibility index (Phi) is 7.24. The van der Waals surface area contributed by atoms with Crippen LogP contribution in [0.4, 0.5) is 4.79 Å². The Balaban J connectivity index is 2.53. The molecular formula is C16H30INO3. The van der Waals surface area contributed by atoms with Crippen molar-refractivity contribution in [2.45, 2.75) is 77.6 Å². The molecule has 1 amide bonds. The van der Waals surface area contributed by atoms with Gasteiger partial charge in [-0.05, 0) is 47.0 Å². The van der Waals surface area contributed by atoms with Crippen LogP contribution in [0.2, 0.25) is 0 Å². The molecule has 1 heterocycles. The van der Waals surface area contributed by atoms with Gasteiger partial charge in [0.2, 0.25) is 0 Å². The minimum atomic E-state index is -0.430. The Morgan fingerprint density at radius 3 is 2.33 bits per heavy atom. The van der Waals surface area contributed by atoms with Gasteiger partial charge < -0.3 is 14.4 Å². The van der Waals surface area contributed by atoms with E-state index in [9.17, 15) is 4.79 Å². The first-order valence-corrected chi connectivity index (χ1v) is 9.45. The third-order valence-corrected chi connectivity index (χ3v) is 5.11. The van der Waals surface area contributed by atoms with Crippen LogP contribution in [0.25, 0.3) is 0 Å². The van der Waals surface area contributed by atoms with E-state index < -0.39 is 5.60 Å². The summed E-state index contributed by atoms with van der Waals surface area (Å²) in [6.07, 6.45) is 4.10. The lowest BCUT2D eigenvalue weighted by Gasteiger charge is -2.42. The first-order chi connectivity index (χ1) is 9.71. The van der Waals surface area contributed by atoms with Gasteiger partial charge in [-0.1, -0.05) is 35.9 Å². The summed E-state index contributed by atoms with van der Waals surface area (Å²) in [4.78, 5) is 13.9. The molecule has 0 aromatic heterocycles. The normalized spacial score (nSPS) is 20.2.